The van der Waals surface area contributed by atoms with Crippen LogP contribution in [0.25, 0.3) is 0 Å². The van der Waals surface area contributed by atoms with E-state index in [1.54, 1.807) is 24.3 Å². The zero-order chi connectivity index (χ0) is 19.6. The second-order valence-corrected chi connectivity index (χ2v) is 8.01. The summed E-state index contributed by atoms with van der Waals surface area (Å²) < 4.78 is 4.51. The summed E-state index contributed by atoms with van der Waals surface area (Å²) in [7, 11) is 1.19. The van der Waals surface area contributed by atoms with E-state index in [2.05, 4.69) is 22.3 Å². The summed E-state index contributed by atoms with van der Waals surface area (Å²) >= 11 is 7.33. The first-order valence-electron chi connectivity index (χ1n) is 8.49. The van der Waals surface area contributed by atoms with E-state index in [4.69, 9.17) is 11.6 Å². The molecule has 6 nitrogen and oxygen atoms in total. The van der Waals surface area contributed by atoms with E-state index in [9.17, 15) is 14.4 Å². The maximum atomic E-state index is 12.6. The van der Waals surface area contributed by atoms with Crippen LogP contribution in [0.15, 0.2) is 24.3 Å². The summed E-state index contributed by atoms with van der Waals surface area (Å²) in [4.78, 5) is 37.8. The third-order valence-corrected chi connectivity index (χ3v) is 5.86. The van der Waals surface area contributed by atoms with E-state index in [-0.39, 0.29) is 5.91 Å². The highest BCUT2D eigenvalue weighted by Gasteiger charge is 2.29. The summed E-state index contributed by atoms with van der Waals surface area (Å²) in [6, 6.07) is 6.56. The molecule has 0 spiro atoms. The van der Waals surface area contributed by atoms with Crippen LogP contribution in [0.2, 0.25) is 5.02 Å². The Morgan fingerprint density at radius 2 is 2.04 bits per heavy atom. The van der Waals surface area contributed by atoms with Crippen molar-refractivity contribution in [2.75, 3.05) is 12.4 Å². The number of methoxy groups -OCH3 is 1. The molecular weight excluding hydrogens is 388 g/mol. The molecule has 0 bridgehead atoms. The lowest BCUT2D eigenvalue weighted by Crippen LogP contribution is -2.31. The van der Waals surface area contributed by atoms with E-state index < -0.39 is 12.0 Å². The van der Waals surface area contributed by atoms with Crippen LogP contribution >= 0.6 is 22.9 Å². The van der Waals surface area contributed by atoms with Gasteiger partial charge in [-0.2, -0.15) is 0 Å². The molecule has 8 heteroatoms. The third kappa shape index (κ3) is 4.31. The number of halogens is 1. The topological polar surface area (TPSA) is 84.5 Å². The number of hydrogen-bond donors (Lipinski definition) is 2. The number of benzene rings is 1. The molecule has 0 aliphatic heterocycles. The molecule has 142 valence electrons. The largest absolute Gasteiger partial charge is 0.453 e. The molecule has 1 heterocycles. The molecule has 0 unspecified atom stereocenters. The van der Waals surface area contributed by atoms with Crippen LogP contribution in [0.1, 0.15) is 44.5 Å². The second kappa shape index (κ2) is 8.10. The summed E-state index contributed by atoms with van der Waals surface area (Å²) in [6.07, 6.45) is 1.68. The summed E-state index contributed by atoms with van der Waals surface area (Å²) in [5, 5.41) is 5.88. The predicted octanol–water partition coefficient (Wildman–Crippen LogP) is 4.27. The minimum atomic E-state index is -0.837. The molecular formula is C19H19ClN2O4S. The number of carbonyl (C=O) groups is 3. The van der Waals surface area contributed by atoms with Gasteiger partial charge in [-0.05, 0) is 48.9 Å². The van der Waals surface area contributed by atoms with Gasteiger partial charge < -0.3 is 10.1 Å². The number of hydrogen-bond acceptors (Lipinski definition) is 5. The first kappa shape index (κ1) is 19.4. The van der Waals surface area contributed by atoms with Crippen molar-refractivity contribution < 1.29 is 19.1 Å². The predicted molar refractivity (Wildman–Crippen MR) is 105 cm³/mol. The van der Waals surface area contributed by atoms with Crippen LogP contribution in [-0.4, -0.2) is 25.0 Å². The summed E-state index contributed by atoms with van der Waals surface area (Å²) in [5.41, 5.74) is 1.62. The fourth-order valence-corrected chi connectivity index (χ4v) is 4.68. The fraction of sp³-hybridized carbons (Fsp3) is 0.316. The molecule has 1 aliphatic carbocycles. The van der Waals surface area contributed by atoms with Crippen molar-refractivity contribution in [3.8, 4) is 0 Å². The second-order valence-electron chi connectivity index (χ2n) is 6.47. The number of nitrogens with one attached hydrogen (secondary N) is 2. The average Bonchev–Trinajstić information content (AvgIpc) is 2.98. The van der Waals surface area contributed by atoms with Gasteiger partial charge >= 0.3 is 6.09 Å². The highest BCUT2D eigenvalue weighted by Crippen LogP contribution is 2.39. The van der Waals surface area contributed by atoms with Gasteiger partial charge in [0, 0.05) is 15.5 Å². The number of anilines is 1. The maximum absolute atomic E-state index is 12.6. The molecule has 0 saturated carbocycles. The van der Waals surface area contributed by atoms with Gasteiger partial charge in [0.2, 0.25) is 0 Å². The highest BCUT2D eigenvalue weighted by atomic mass is 35.5. The van der Waals surface area contributed by atoms with E-state index >= 15 is 0 Å². The Morgan fingerprint density at radius 1 is 1.26 bits per heavy atom. The normalized spacial score (nSPS) is 15.6. The third-order valence-electron chi connectivity index (χ3n) is 4.45. The first-order chi connectivity index (χ1) is 12.9. The van der Waals surface area contributed by atoms with Crippen molar-refractivity contribution in [1.29, 1.82) is 0 Å². The van der Waals surface area contributed by atoms with Crippen LogP contribution in [-0.2, 0) is 17.6 Å². The van der Waals surface area contributed by atoms with Crippen molar-refractivity contribution >= 4 is 45.8 Å². The molecule has 2 N–H and O–H groups in total. The van der Waals surface area contributed by atoms with Gasteiger partial charge in [0.1, 0.15) is 5.00 Å². The first-order valence-corrected chi connectivity index (χ1v) is 9.69. The Labute approximate surface area is 165 Å². The van der Waals surface area contributed by atoms with Gasteiger partial charge in [0.15, 0.2) is 0 Å². The van der Waals surface area contributed by atoms with Crippen molar-refractivity contribution in [3.05, 3.63) is 50.9 Å². The van der Waals surface area contributed by atoms with Gasteiger partial charge in [0.05, 0.1) is 12.7 Å². The number of ether oxygens (including phenoxy) is 1. The Hall–Kier alpha value is -2.38. The molecule has 3 rings (SSSR count). The van der Waals surface area contributed by atoms with Gasteiger partial charge in [-0.15, -0.1) is 11.3 Å². The molecule has 0 fully saturated rings. The molecule has 1 aromatic heterocycles. The summed E-state index contributed by atoms with van der Waals surface area (Å²) in [6.45, 7) is 2.15. The Kier molecular flexibility index (Phi) is 5.82. The Balaban J connectivity index is 1.95. The zero-order valence-electron chi connectivity index (χ0n) is 14.9. The number of amides is 3. The quantitative estimate of drug-likeness (QED) is 0.796. The van der Waals surface area contributed by atoms with E-state index in [0.717, 1.165) is 29.7 Å². The standard InChI is InChI=1S/C19H19ClN2O4S/c1-10-6-7-13-14(8-10)27-18(15(13)17(24)22-19(25)26-2)21-16(23)11-4-3-5-12(20)9-11/h3-5,9-10H,6-8H2,1-2H3,(H,21,23)(H,22,24,25)/t10-/m0/s1. The molecule has 3 amide bonds. The number of alkyl carbamates (subject to hydrolysis) is 1. The lowest BCUT2D eigenvalue weighted by molar-refractivity contribution is 0.0937. The van der Waals surface area contributed by atoms with Crippen LogP contribution in [0.5, 0.6) is 0 Å². The van der Waals surface area contributed by atoms with Crippen molar-refractivity contribution in [1.82, 2.24) is 5.32 Å². The lowest BCUT2D eigenvalue weighted by Gasteiger charge is -2.18. The molecule has 1 atom stereocenters. The highest BCUT2D eigenvalue weighted by molar-refractivity contribution is 7.17. The van der Waals surface area contributed by atoms with Crippen molar-refractivity contribution in [2.24, 2.45) is 5.92 Å². The summed E-state index contributed by atoms with van der Waals surface area (Å²) in [5.74, 6) is -0.435. The van der Waals surface area contributed by atoms with Crippen LogP contribution in [0, 0.1) is 5.92 Å². The number of carbonyl (C=O) groups excluding carboxylic acids is 3. The zero-order valence-corrected chi connectivity index (χ0v) is 16.5. The fourth-order valence-electron chi connectivity index (χ4n) is 3.09. The Bertz CT molecular complexity index is 909. The van der Waals surface area contributed by atoms with E-state index in [1.807, 2.05) is 0 Å². The number of thiophene rings is 1. The van der Waals surface area contributed by atoms with Gasteiger partial charge in [0.25, 0.3) is 11.8 Å². The van der Waals surface area contributed by atoms with Gasteiger partial charge in [-0.1, -0.05) is 24.6 Å². The monoisotopic (exact) mass is 406 g/mol. The van der Waals surface area contributed by atoms with Crippen molar-refractivity contribution in [3.63, 3.8) is 0 Å². The molecule has 0 radical (unpaired) electrons. The van der Waals surface area contributed by atoms with Gasteiger partial charge in [-0.25, -0.2) is 4.79 Å². The van der Waals surface area contributed by atoms with Crippen LogP contribution in [0.3, 0.4) is 0 Å². The van der Waals surface area contributed by atoms with Crippen LogP contribution < -0.4 is 10.6 Å². The molecule has 1 aromatic carbocycles. The molecule has 1 aliphatic rings. The minimum absolute atomic E-state index is 0.336. The van der Waals surface area contributed by atoms with Gasteiger partial charge in [-0.3, -0.25) is 14.9 Å². The lowest BCUT2D eigenvalue weighted by atomic mass is 9.88. The average molecular weight is 407 g/mol. The van der Waals surface area contributed by atoms with Crippen LogP contribution in [0.4, 0.5) is 9.80 Å². The molecule has 0 saturated heterocycles. The number of fused-ring (bicyclic) bond motifs is 1. The Morgan fingerprint density at radius 3 is 2.74 bits per heavy atom. The minimum Gasteiger partial charge on any atom is -0.453 e. The maximum Gasteiger partial charge on any atom is 0.413 e. The van der Waals surface area contributed by atoms with E-state index in [0.29, 0.717) is 27.1 Å². The number of imide groups is 1. The SMILES string of the molecule is COC(=O)NC(=O)c1c(NC(=O)c2cccc(Cl)c2)sc2c1CC[C@H](C)C2. The number of rotatable bonds is 3. The molecule has 2 aromatic rings. The molecule has 27 heavy (non-hydrogen) atoms. The van der Waals surface area contributed by atoms with E-state index in [1.165, 1.54) is 18.4 Å². The smallest absolute Gasteiger partial charge is 0.413 e. The van der Waals surface area contributed by atoms with Crippen molar-refractivity contribution in [2.45, 2.75) is 26.2 Å².